The van der Waals surface area contributed by atoms with Gasteiger partial charge in [0.2, 0.25) is 5.91 Å². The first-order valence-electron chi connectivity index (χ1n) is 11.5. The Balaban J connectivity index is 1.11. The van der Waals surface area contributed by atoms with E-state index in [9.17, 15) is 9.59 Å². The number of thiazole rings is 1. The average Bonchev–Trinajstić information content (AvgIpc) is 3.13. The fraction of sp³-hybridized carbons (Fsp3) is 0.480. The van der Waals surface area contributed by atoms with Crippen LogP contribution < -0.4 is 15.6 Å². The fourth-order valence-corrected chi connectivity index (χ4v) is 7.51. The number of benzene rings is 1. The van der Waals surface area contributed by atoms with Gasteiger partial charge in [0, 0.05) is 22.8 Å². The van der Waals surface area contributed by atoms with Crippen LogP contribution in [-0.4, -0.2) is 15.3 Å². The number of anilines is 1. The second-order valence-electron chi connectivity index (χ2n) is 10.0. The van der Waals surface area contributed by atoms with E-state index in [2.05, 4.69) is 10.3 Å². The molecule has 0 radical (unpaired) electrons. The summed E-state index contributed by atoms with van der Waals surface area (Å²) in [5.74, 6) is 3.14. The van der Waals surface area contributed by atoms with Crippen molar-refractivity contribution < 1.29 is 9.53 Å². The van der Waals surface area contributed by atoms with E-state index in [0.717, 1.165) is 48.4 Å². The third-order valence-electron chi connectivity index (χ3n) is 7.65. The summed E-state index contributed by atoms with van der Waals surface area (Å²) in [6.07, 6.45) is 7.18. The second-order valence-corrected chi connectivity index (χ2v) is 10.9. The van der Waals surface area contributed by atoms with Crippen LogP contribution >= 0.6 is 11.3 Å². The molecule has 7 heteroatoms. The van der Waals surface area contributed by atoms with Crippen molar-refractivity contribution in [2.75, 3.05) is 5.32 Å². The van der Waals surface area contributed by atoms with Crippen LogP contribution in [0.5, 0.6) is 5.75 Å². The van der Waals surface area contributed by atoms with Crippen molar-refractivity contribution in [2.45, 2.75) is 52.1 Å². The second kappa shape index (κ2) is 7.44. The Kier molecular flexibility index (Phi) is 4.64. The fourth-order valence-electron chi connectivity index (χ4n) is 6.62. The first-order valence-corrected chi connectivity index (χ1v) is 12.4. The minimum absolute atomic E-state index is 0.0879. The van der Waals surface area contributed by atoms with Crippen LogP contribution in [0.1, 0.15) is 49.9 Å². The zero-order chi connectivity index (χ0) is 21.9. The van der Waals surface area contributed by atoms with Crippen molar-refractivity contribution in [3.05, 3.63) is 57.5 Å². The molecule has 4 aliphatic rings. The van der Waals surface area contributed by atoms with E-state index in [1.165, 1.54) is 36.7 Å². The lowest BCUT2D eigenvalue weighted by molar-refractivity contribution is -0.140. The molecule has 4 saturated carbocycles. The molecule has 0 saturated heterocycles. The third-order valence-corrected chi connectivity index (χ3v) is 8.59. The van der Waals surface area contributed by atoms with Crippen molar-refractivity contribution in [3.8, 4) is 5.75 Å². The standard InChI is InChI=1S/C25H27N3O3S/c1-15-14-32-24-27-20(9-22(29)28(15)24)13-31-21-4-2-19(3-5-21)26-23(30)25-10-16-6-17(11-25)8-18(7-16)12-25/h2-5,9,14,16-18H,6-8,10-13H2,1H3,(H,26,30). The summed E-state index contributed by atoms with van der Waals surface area (Å²) in [5, 5.41) is 5.10. The highest BCUT2D eigenvalue weighted by molar-refractivity contribution is 7.15. The van der Waals surface area contributed by atoms with Crippen LogP contribution in [0.15, 0.2) is 40.5 Å². The van der Waals surface area contributed by atoms with Gasteiger partial charge in [0.25, 0.3) is 5.56 Å². The summed E-state index contributed by atoms with van der Waals surface area (Å²) in [4.78, 5) is 30.7. The Morgan fingerprint density at radius 2 is 1.81 bits per heavy atom. The number of rotatable bonds is 5. The summed E-state index contributed by atoms with van der Waals surface area (Å²) in [5.41, 5.74) is 2.07. The van der Waals surface area contributed by atoms with Crippen LogP contribution in [0.25, 0.3) is 4.96 Å². The minimum atomic E-state index is -0.150. The van der Waals surface area contributed by atoms with Crippen molar-refractivity contribution in [2.24, 2.45) is 23.2 Å². The molecular formula is C25H27N3O3S. The van der Waals surface area contributed by atoms with E-state index in [1.807, 2.05) is 36.6 Å². The van der Waals surface area contributed by atoms with Gasteiger partial charge in [0.1, 0.15) is 12.4 Å². The summed E-state index contributed by atoms with van der Waals surface area (Å²) < 4.78 is 7.45. The quantitative estimate of drug-likeness (QED) is 0.607. The van der Waals surface area contributed by atoms with Gasteiger partial charge >= 0.3 is 0 Å². The van der Waals surface area contributed by atoms with Gasteiger partial charge in [-0.15, -0.1) is 11.3 Å². The van der Waals surface area contributed by atoms with E-state index >= 15 is 0 Å². The Morgan fingerprint density at radius 3 is 2.47 bits per heavy atom. The molecule has 4 fully saturated rings. The van der Waals surface area contributed by atoms with Gasteiger partial charge in [-0.25, -0.2) is 4.98 Å². The Morgan fingerprint density at radius 1 is 1.16 bits per heavy atom. The minimum Gasteiger partial charge on any atom is -0.487 e. The van der Waals surface area contributed by atoms with E-state index in [-0.39, 0.29) is 23.5 Å². The van der Waals surface area contributed by atoms with Gasteiger partial charge in [0.15, 0.2) is 4.96 Å². The molecule has 0 spiro atoms. The Labute approximate surface area is 190 Å². The van der Waals surface area contributed by atoms with E-state index in [0.29, 0.717) is 16.4 Å². The summed E-state index contributed by atoms with van der Waals surface area (Å²) in [7, 11) is 0. The molecule has 0 unspecified atom stereocenters. The number of amides is 1. The predicted molar refractivity (Wildman–Crippen MR) is 124 cm³/mol. The summed E-state index contributed by atoms with van der Waals surface area (Å²) >= 11 is 1.45. The SMILES string of the molecule is Cc1csc2nc(COc3ccc(NC(=O)C45CC6CC(CC(C6)C4)C5)cc3)cc(=O)n12. The van der Waals surface area contributed by atoms with E-state index in [4.69, 9.17) is 4.74 Å². The maximum atomic E-state index is 13.2. The highest BCUT2D eigenvalue weighted by atomic mass is 32.1. The smallest absolute Gasteiger partial charge is 0.259 e. The molecular weight excluding hydrogens is 422 g/mol. The molecule has 0 atom stereocenters. The highest BCUT2D eigenvalue weighted by Crippen LogP contribution is 2.60. The number of nitrogens with one attached hydrogen (secondary N) is 1. The van der Waals surface area contributed by atoms with Gasteiger partial charge in [-0.2, -0.15) is 0 Å². The first-order chi connectivity index (χ1) is 15.5. The van der Waals surface area contributed by atoms with Crippen LogP contribution in [0.2, 0.25) is 0 Å². The number of aryl methyl sites for hydroxylation is 1. The molecule has 32 heavy (non-hydrogen) atoms. The Bertz CT molecular complexity index is 1210. The lowest BCUT2D eigenvalue weighted by atomic mass is 9.49. The topological polar surface area (TPSA) is 72.7 Å². The first kappa shape index (κ1) is 20.0. The molecule has 1 amide bonds. The number of carbonyl (C=O) groups is 1. The summed E-state index contributed by atoms with van der Waals surface area (Å²) in [6.45, 7) is 2.12. The zero-order valence-corrected chi connectivity index (χ0v) is 19.0. The molecule has 4 bridgehead atoms. The van der Waals surface area contributed by atoms with Gasteiger partial charge in [-0.05, 0) is 87.5 Å². The molecule has 1 N–H and O–H groups in total. The molecule has 2 aromatic heterocycles. The monoisotopic (exact) mass is 449 g/mol. The molecule has 7 rings (SSSR count). The number of carbonyl (C=O) groups excluding carboxylic acids is 1. The molecule has 4 aliphatic carbocycles. The molecule has 1 aromatic carbocycles. The lowest BCUT2D eigenvalue weighted by Crippen LogP contribution is -2.51. The van der Waals surface area contributed by atoms with Gasteiger partial charge in [-0.3, -0.25) is 14.0 Å². The van der Waals surface area contributed by atoms with Gasteiger partial charge < -0.3 is 10.1 Å². The van der Waals surface area contributed by atoms with Crippen molar-refractivity contribution in [1.29, 1.82) is 0 Å². The van der Waals surface area contributed by atoms with Gasteiger partial charge in [-0.1, -0.05) is 0 Å². The maximum Gasteiger partial charge on any atom is 0.259 e. The maximum absolute atomic E-state index is 13.2. The molecule has 166 valence electrons. The Hall–Kier alpha value is -2.67. The average molecular weight is 450 g/mol. The normalized spacial score (nSPS) is 28.2. The van der Waals surface area contributed by atoms with E-state index in [1.54, 1.807) is 4.40 Å². The van der Waals surface area contributed by atoms with E-state index < -0.39 is 0 Å². The predicted octanol–water partition coefficient (Wildman–Crippen LogP) is 4.80. The molecule has 6 nitrogen and oxygen atoms in total. The third kappa shape index (κ3) is 3.43. The number of ether oxygens (including phenoxy) is 1. The molecule has 3 aromatic rings. The van der Waals surface area contributed by atoms with Crippen molar-refractivity contribution in [1.82, 2.24) is 9.38 Å². The van der Waals surface area contributed by atoms with Crippen LogP contribution in [0.4, 0.5) is 5.69 Å². The number of fused-ring (bicyclic) bond motifs is 1. The number of hydrogen-bond acceptors (Lipinski definition) is 5. The van der Waals surface area contributed by atoms with Gasteiger partial charge in [0.05, 0.1) is 11.1 Å². The van der Waals surface area contributed by atoms with Crippen LogP contribution in [0, 0.1) is 30.1 Å². The number of nitrogens with zero attached hydrogens (tertiary/aromatic N) is 2. The van der Waals surface area contributed by atoms with Crippen LogP contribution in [-0.2, 0) is 11.4 Å². The largest absolute Gasteiger partial charge is 0.487 e. The number of aromatic nitrogens is 2. The molecule has 2 heterocycles. The summed E-state index contributed by atoms with van der Waals surface area (Å²) in [6, 6.07) is 9.02. The number of hydrogen-bond donors (Lipinski definition) is 1. The van der Waals surface area contributed by atoms with Crippen LogP contribution in [0.3, 0.4) is 0 Å². The zero-order valence-electron chi connectivity index (χ0n) is 18.2. The highest BCUT2D eigenvalue weighted by Gasteiger charge is 2.54. The van der Waals surface area contributed by atoms with Crippen molar-refractivity contribution >= 4 is 27.9 Å². The lowest BCUT2D eigenvalue weighted by Gasteiger charge is -2.55. The molecule has 0 aliphatic heterocycles. The van der Waals surface area contributed by atoms with Crippen molar-refractivity contribution in [3.63, 3.8) is 0 Å².